The van der Waals surface area contributed by atoms with Crippen LogP contribution in [0.5, 0.6) is 0 Å². The Hall–Kier alpha value is -1.40. The van der Waals surface area contributed by atoms with Gasteiger partial charge in [-0.1, -0.05) is 6.07 Å². The third-order valence-electron chi connectivity index (χ3n) is 4.04. The molecule has 0 radical (unpaired) electrons. The summed E-state index contributed by atoms with van der Waals surface area (Å²) >= 11 is 1.44. The number of hydrogen-bond donors (Lipinski definition) is 0. The third kappa shape index (κ3) is 2.13. The molecule has 2 fully saturated rings. The van der Waals surface area contributed by atoms with Crippen molar-refractivity contribution in [1.29, 1.82) is 0 Å². The van der Waals surface area contributed by atoms with Crippen molar-refractivity contribution >= 4 is 23.2 Å². The summed E-state index contributed by atoms with van der Waals surface area (Å²) in [7, 11) is 3.49. The van der Waals surface area contributed by atoms with E-state index in [9.17, 15) is 9.59 Å². The molecule has 3 unspecified atom stereocenters. The average molecular weight is 294 g/mol. The van der Waals surface area contributed by atoms with Crippen LogP contribution in [0.3, 0.4) is 0 Å². The number of rotatable bonds is 2. The first-order valence-corrected chi connectivity index (χ1v) is 7.65. The number of nitrogens with zero attached hydrogens (tertiary/aromatic N) is 2. The van der Waals surface area contributed by atoms with Crippen molar-refractivity contribution in [3.05, 3.63) is 22.4 Å². The fourth-order valence-electron chi connectivity index (χ4n) is 3.09. The van der Waals surface area contributed by atoms with E-state index in [-0.39, 0.29) is 29.9 Å². The number of carbonyl (C=O) groups excluding carboxylic acids is 2. The van der Waals surface area contributed by atoms with Gasteiger partial charge in [0.1, 0.15) is 0 Å². The molecule has 108 valence electrons. The predicted octanol–water partition coefficient (Wildman–Crippen LogP) is 1.07. The van der Waals surface area contributed by atoms with Crippen molar-refractivity contribution in [3.63, 3.8) is 0 Å². The summed E-state index contributed by atoms with van der Waals surface area (Å²) in [5.41, 5.74) is 0. The van der Waals surface area contributed by atoms with Crippen molar-refractivity contribution in [2.75, 3.05) is 27.2 Å². The Bertz CT molecular complexity index is 514. The molecule has 3 heterocycles. The molecule has 0 aromatic carbocycles. The standard InChI is InChI=1S/C14H18N2O3S/c1-15(2)13(17)9-8-16(10-5-6-19-12(9)10)14(18)11-4-3-7-20-11/h3-4,7,9-10,12H,5-6,8H2,1-2H3. The van der Waals surface area contributed by atoms with Gasteiger partial charge in [-0.25, -0.2) is 0 Å². The SMILES string of the molecule is CN(C)C(=O)C1CN(C(=O)c2cccs2)C2CCOC12. The van der Waals surface area contributed by atoms with Gasteiger partial charge in [-0.05, 0) is 17.9 Å². The van der Waals surface area contributed by atoms with Gasteiger partial charge >= 0.3 is 0 Å². The lowest BCUT2D eigenvalue weighted by Gasteiger charge is -2.21. The molecule has 5 nitrogen and oxygen atoms in total. The minimum atomic E-state index is -0.235. The Morgan fingerprint density at radius 3 is 2.90 bits per heavy atom. The maximum absolute atomic E-state index is 12.5. The molecule has 3 atom stereocenters. The van der Waals surface area contributed by atoms with Crippen LogP contribution in [-0.2, 0) is 9.53 Å². The minimum Gasteiger partial charge on any atom is -0.375 e. The lowest BCUT2D eigenvalue weighted by molar-refractivity contribution is -0.135. The largest absolute Gasteiger partial charge is 0.375 e. The molecule has 0 spiro atoms. The zero-order valence-electron chi connectivity index (χ0n) is 11.6. The Morgan fingerprint density at radius 2 is 2.25 bits per heavy atom. The summed E-state index contributed by atoms with van der Waals surface area (Å²) in [5.74, 6) is -0.167. The number of carbonyl (C=O) groups is 2. The van der Waals surface area contributed by atoms with Crippen LogP contribution in [-0.4, -0.2) is 61.0 Å². The van der Waals surface area contributed by atoms with E-state index in [0.29, 0.717) is 13.2 Å². The Balaban J connectivity index is 1.83. The second kappa shape index (κ2) is 5.18. The lowest BCUT2D eigenvalue weighted by Crippen LogP contribution is -2.37. The summed E-state index contributed by atoms with van der Waals surface area (Å²) in [5, 5.41) is 1.90. The molecular formula is C14H18N2O3S. The molecule has 1 aromatic heterocycles. The normalized spacial score (nSPS) is 28.5. The molecular weight excluding hydrogens is 276 g/mol. The van der Waals surface area contributed by atoms with E-state index in [2.05, 4.69) is 0 Å². The van der Waals surface area contributed by atoms with E-state index in [1.165, 1.54) is 11.3 Å². The summed E-state index contributed by atoms with van der Waals surface area (Å²) in [4.78, 5) is 28.9. The molecule has 0 saturated carbocycles. The fraction of sp³-hybridized carbons (Fsp3) is 0.571. The Morgan fingerprint density at radius 1 is 1.45 bits per heavy atom. The van der Waals surface area contributed by atoms with Crippen LogP contribution < -0.4 is 0 Å². The van der Waals surface area contributed by atoms with Crippen LogP contribution >= 0.6 is 11.3 Å². The molecule has 1 aromatic rings. The summed E-state index contributed by atoms with van der Waals surface area (Å²) in [6.07, 6.45) is 0.674. The fourth-order valence-corrected chi connectivity index (χ4v) is 3.77. The Kier molecular flexibility index (Phi) is 3.52. The van der Waals surface area contributed by atoms with Crippen molar-refractivity contribution in [1.82, 2.24) is 9.80 Å². The molecule has 0 aliphatic carbocycles. The maximum Gasteiger partial charge on any atom is 0.264 e. The highest BCUT2D eigenvalue weighted by molar-refractivity contribution is 7.12. The van der Waals surface area contributed by atoms with Crippen LogP contribution in [0, 0.1) is 5.92 Å². The van der Waals surface area contributed by atoms with Crippen molar-refractivity contribution in [2.45, 2.75) is 18.6 Å². The van der Waals surface area contributed by atoms with Gasteiger partial charge in [0.15, 0.2) is 0 Å². The lowest BCUT2D eigenvalue weighted by atomic mass is 10.0. The highest BCUT2D eigenvalue weighted by Gasteiger charge is 2.50. The summed E-state index contributed by atoms with van der Waals surface area (Å²) < 4.78 is 5.72. The van der Waals surface area contributed by atoms with Crippen LogP contribution in [0.2, 0.25) is 0 Å². The van der Waals surface area contributed by atoms with Gasteiger partial charge in [0.25, 0.3) is 5.91 Å². The van der Waals surface area contributed by atoms with Gasteiger partial charge < -0.3 is 14.5 Å². The smallest absolute Gasteiger partial charge is 0.264 e. The number of hydrogen-bond acceptors (Lipinski definition) is 4. The average Bonchev–Trinajstić information content (AvgIpc) is 3.13. The van der Waals surface area contributed by atoms with Gasteiger partial charge in [0, 0.05) is 27.2 Å². The van der Waals surface area contributed by atoms with Crippen LogP contribution in [0.15, 0.2) is 17.5 Å². The minimum absolute atomic E-state index is 0.0227. The van der Waals surface area contributed by atoms with E-state index in [1.807, 2.05) is 22.4 Å². The van der Waals surface area contributed by atoms with E-state index < -0.39 is 0 Å². The molecule has 2 saturated heterocycles. The zero-order valence-corrected chi connectivity index (χ0v) is 12.4. The van der Waals surface area contributed by atoms with Crippen LogP contribution in [0.25, 0.3) is 0 Å². The molecule has 0 N–H and O–H groups in total. The quantitative estimate of drug-likeness (QED) is 0.820. The second-order valence-corrected chi connectivity index (χ2v) is 6.41. The first kappa shape index (κ1) is 13.6. The monoisotopic (exact) mass is 294 g/mol. The van der Waals surface area contributed by atoms with Crippen molar-refractivity contribution in [2.24, 2.45) is 5.92 Å². The molecule has 2 amide bonds. The molecule has 3 rings (SSSR count). The molecule has 6 heteroatoms. The number of fused-ring (bicyclic) bond motifs is 1. The number of likely N-dealkylation sites (tertiary alicyclic amines) is 1. The molecule has 2 aliphatic heterocycles. The van der Waals surface area contributed by atoms with E-state index >= 15 is 0 Å². The first-order chi connectivity index (χ1) is 9.59. The van der Waals surface area contributed by atoms with Gasteiger partial charge in [-0.15, -0.1) is 11.3 Å². The van der Waals surface area contributed by atoms with Gasteiger partial charge in [-0.3, -0.25) is 9.59 Å². The van der Waals surface area contributed by atoms with Crippen LogP contribution in [0.4, 0.5) is 0 Å². The van der Waals surface area contributed by atoms with Gasteiger partial charge in [0.2, 0.25) is 5.91 Å². The highest BCUT2D eigenvalue weighted by Crippen LogP contribution is 2.35. The van der Waals surface area contributed by atoms with Crippen molar-refractivity contribution < 1.29 is 14.3 Å². The molecule has 20 heavy (non-hydrogen) atoms. The van der Waals surface area contributed by atoms with E-state index in [1.54, 1.807) is 19.0 Å². The predicted molar refractivity (Wildman–Crippen MR) is 75.7 cm³/mol. The second-order valence-electron chi connectivity index (χ2n) is 5.47. The van der Waals surface area contributed by atoms with Gasteiger partial charge in [0.05, 0.1) is 22.9 Å². The Labute approximate surface area is 122 Å². The first-order valence-electron chi connectivity index (χ1n) is 6.77. The summed E-state index contributed by atoms with van der Waals surface area (Å²) in [6.45, 7) is 1.09. The zero-order chi connectivity index (χ0) is 14.3. The van der Waals surface area contributed by atoms with Crippen molar-refractivity contribution in [3.8, 4) is 0 Å². The van der Waals surface area contributed by atoms with E-state index in [0.717, 1.165) is 11.3 Å². The van der Waals surface area contributed by atoms with Crippen LogP contribution in [0.1, 0.15) is 16.1 Å². The topological polar surface area (TPSA) is 49.9 Å². The number of amides is 2. The van der Waals surface area contributed by atoms with E-state index in [4.69, 9.17) is 4.74 Å². The highest BCUT2D eigenvalue weighted by atomic mass is 32.1. The van der Waals surface area contributed by atoms with Gasteiger partial charge in [-0.2, -0.15) is 0 Å². The third-order valence-corrected chi connectivity index (χ3v) is 4.90. The molecule has 0 bridgehead atoms. The summed E-state index contributed by atoms with van der Waals surface area (Å²) in [6, 6.07) is 3.75. The molecule has 2 aliphatic rings. The number of thiophene rings is 1. The number of ether oxygens (including phenoxy) is 1. The maximum atomic E-state index is 12.5.